The van der Waals surface area contributed by atoms with Crippen LogP contribution in [0.25, 0.3) is 0 Å². The predicted octanol–water partition coefficient (Wildman–Crippen LogP) is 6.35. The molecule has 0 amide bonds. The van der Waals surface area contributed by atoms with Crippen LogP contribution >= 0.6 is 11.8 Å². The molecule has 4 rings (SSSR count). The van der Waals surface area contributed by atoms with Gasteiger partial charge in [0.2, 0.25) is 6.79 Å². The first-order chi connectivity index (χ1) is 17.2. The Labute approximate surface area is 217 Å². The van der Waals surface area contributed by atoms with Crippen molar-refractivity contribution in [1.29, 1.82) is 0 Å². The first-order valence-corrected chi connectivity index (χ1v) is 15.4. The second-order valence-corrected chi connectivity index (χ2v) is 12.6. The summed E-state index contributed by atoms with van der Waals surface area (Å²) in [6.45, 7) is 4.39. The number of rotatable bonds is 10. The van der Waals surface area contributed by atoms with Crippen molar-refractivity contribution < 1.29 is 27.1 Å². The van der Waals surface area contributed by atoms with E-state index in [1.807, 2.05) is 24.1 Å². The number of esters is 1. The van der Waals surface area contributed by atoms with Gasteiger partial charge >= 0.3 is 5.97 Å². The summed E-state index contributed by atoms with van der Waals surface area (Å²) in [4.78, 5) is 14.8. The van der Waals surface area contributed by atoms with Crippen molar-refractivity contribution in [3.8, 4) is 5.75 Å². The Morgan fingerprint density at radius 1 is 1.19 bits per heavy atom. The highest BCUT2D eigenvalue weighted by molar-refractivity contribution is 7.98. The van der Waals surface area contributed by atoms with Gasteiger partial charge in [0, 0.05) is 23.7 Å². The third kappa shape index (κ3) is 5.83. The van der Waals surface area contributed by atoms with E-state index >= 15 is 0 Å². The van der Waals surface area contributed by atoms with Crippen molar-refractivity contribution in [2.75, 3.05) is 30.2 Å². The van der Waals surface area contributed by atoms with E-state index in [1.54, 1.807) is 18.2 Å². The second kappa shape index (κ2) is 11.0. The smallest absolute Gasteiger partial charge is 0.311 e. The van der Waals surface area contributed by atoms with E-state index in [9.17, 15) is 17.6 Å². The van der Waals surface area contributed by atoms with Crippen molar-refractivity contribution in [1.82, 2.24) is 0 Å². The van der Waals surface area contributed by atoms with Crippen LogP contribution in [-0.4, -0.2) is 39.7 Å². The number of sulfone groups is 1. The average molecular weight is 536 g/mol. The third-order valence-corrected chi connectivity index (χ3v) is 9.88. The van der Waals surface area contributed by atoms with Gasteiger partial charge in [-0.15, -0.1) is 11.8 Å². The number of fused-ring (bicyclic) bond motifs is 1. The Bertz CT molecular complexity index is 1200. The van der Waals surface area contributed by atoms with Crippen molar-refractivity contribution in [3.05, 3.63) is 42.2 Å². The molecule has 2 aromatic rings. The van der Waals surface area contributed by atoms with Gasteiger partial charge < -0.3 is 14.4 Å². The summed E-state index contributed by atoms with van der Waals surface area (Å²) in [7, 11) is -3.68. The SMILES string of the molecule is CCCCC1(CC)CN(c2ccc(F)cc2)c2cc(SC)c(OCOC(=O)C3CC3)cc2S(=O)(=O)C1. The number of hydrogen-bond donors (Lipinski definition) is 0. The molecule has 36 heavy (non-hydrogen) atoms. The molecule has 0 aromatic heterocycles. The molecule has 1 fully saturated rings. The third-order valence-electron chi connectivity index (χ3n) is 7.14. The van der Waals surface area contributed by atoms with E-state index in [0.29, 0.717) is 24.4 Å². The molecule has 0 radical (unpaired) electrons. The fourth-order valence-corrected chi connectivity index (χ4v) is 7.47. The molecular weight excluding hydrogens is 501 g/mol. The Morgan fingerprint density at radius 3 is 2.53 bits per heavy atom. The Kier molecular flexibility index (Phi) is 8.19. The van der Waals surface area contributed by atoms with Crippen LogP contribution < -0.4 is 9.64 Å². The van der Waals surface area contributed by atoms with Crippen LogP contribution in [0.4, 0.5) is 15.8 Å². The molecule has 0 N–H and O–H groups in total. The standard InChI is InChI=1S/C27H34FNO5S2/c1-4-6-13-27(5-2)16-29(21-11-9-20(28)10-12-21)22-14-24(35-3)23(15-25(22)36(31,32)17-27)33-18-34-26(30)19-7-8-19/h9-12,14-15,19H,4-8,13,16-18H2,1-3H3. The van der Waals surface area contributed by atoms with Crippen LogP contribution in [0.5, 0.6) is 5.75 Å². The number of halogens is 1. The first kappa shape index (κ1) is 26.8. The lowest BCUT2D eigenvalue weighted by Crippen LogP contribution is -2.37. The maximum Gasteiger partial charge on any atom is 0.311 e. The first-order valence-electron chi connectivity index (χ1n) is 12.5. The zero-order chi connectivity index (χ0) is 25.9. The normalized spacial score (nSPS) is 20.9. The van der Waals surface area contributed by atoms with Crippen LogP contribution in [-0.2, 0) is 19.4 Å². The van der Waals surface area contributed by atoms with Crippen LogP contribution in [0.2, 0.25) is 0 Å². The lowest BCUT2D eigenvalue weighted by atomic mass is 9.81. The second-order valence-electron chi connectivity index (χ2n) is 9.75. The van der Waals surface area contributed by atoms with Gasteiger partial charge in [-0.05, 0) is 62.3 Å². The van der Waals surface area contributed by atoms with Crippen molar-refractivity contribution >= 4 is 38.9 Å². The fraction of sp³-hybridized carbons (Fsp3) is 0.519. The molecule has 0 spiro atoms. The molecule has 1 saturated carbocycles. The molecule has 2 aromatic carbocycles. The number of ether oxygens (including phenoxy) is 2. The van der Waals surface area contributed by atoms with Crippen LogP contribution in [0.3, 0.4) is 0 Å². The topological polar surface area (TPSA) is 72.9 Å². The molecule has 9 heteroatoms. The zero-order valence-electron chi connectivity index (χ0n) is 21.1. The van der Waals surface area contributed by atoms with E-state index in [2.05, 4.69) is 6.92 Å². The van der Waals surface area contributed by atoms with Crippen molar-refractivity contribution in [2.45, 2.75) is 62.2 Å². The van der Waals surface area contributed by atoms with Gasteiger partial charge in [-0.3, -0.25) is 4.79 Å². The van der Waals surface area contributed by atoms with Gasteiger partial charge in [0.1, 0.15) is 11.6 Å². The molecular formula is C27H34FNO5S2. The lowest BCUT2D eigenvalue weighted by Gasteiger charge is -2.36. The molecule has 6 nitrogen and oxygen atoms in total. The Balaban J connectivity index is 1.78. The zero-order valence-corrected chi connectivity index (χ0v) is 22.7. The maximum atomic E-state index is 13.9. The van der Waals surface area contributed by atoms with Crippen molar-refractivity contribution in [3.63, 3.8) is 0 Å². The highest BCUT2D eigenvalue weighted by atomic mass is 32.2. The van der Waals surface area contributed by atoms with Gasteiger partial charge in [-0.1, -0.05) is 26.7 Å². The van der Waals surface area contributed by atoms with Gasteiger partial charge in [-0.2, -0.15) is 0 Å². The quantitative estimate of drug-likeness (QED) is 0.199. The molecule has 2 aliphatic rings. The van der Waals surface area contributed by atoms with E-state index in [4.69, 9.17) is 9.47 Å². The number of hydrogen-bond acceptors (Lipinski definition) is 7. The minimum atomic E-state index is -3.68. The molecule has 196 valence electrons. The molecule has 0 bridgehead atoms. The minimum Gasteiger partial charge on any atom is -0.456 e. The van der Waals surface area contributed by atoms with Crippen LogP contribution in [0, 0.1) is 17.2 Å². The maximum absolute atomic E-state index is 13.9. The van der Waals surface area contributed by atoms with Gasteiger partial charge in [0.05, 0.1) is 27.1 Å². The summed E-state index contributed by atoms with van der Waals surface area (Å²) in [6.07, 6.45) is 6.93. The fourth-order valence-electron chi connectivity index (χ4n) is 4.74. The summed E-state index contributed by atoms with van der Waals surface area (Å²) < 4.78 is 52.5. The van der Waals surface area contributed by atoms with E-state index in [1.165, 1.54) is 23.9 Å². The van der Waals surface area contributed by atoms with E-state index < -0.39 is 15.3 Å². The summed E-state index contributed by atoms with van der Waals surface area (Å²) >= 11 is 1.42. The lowest BCUT2D eigenvalue weighted by molar-refractivity contribution is -0.151. The van der Waals surface area contributed by atoms with Gasteiger partial charge in [0.25, 0.3) is 0 Å². The predicted molar refractivity (Wildman–Crippen MR) is 140 cm³/mol. The van der Waals surface area contributed by atoms with Crippen LogP contribution in [0.1, 0.15) is 52.4 Å². The largest absolute Gasteiger partial charge is 0.456 e. The number of nitrogens with zero attached hydrogens (tertiary/aromatic N) is 1. The number of thioether (sulfide) groups is 1. The highest BCUT2D eigenvalue weighted by Gasteiger charge is 2.42. The number of carbonyl (C=O) groups excluding carboxylic acids is 1. The van der Waals surface area contributed by atoms with E-state index in [0.717, 1.165) is 42.7 Å². The Hall–Kier alpha value is -2.26. The number of unbranched alkanes of at least 4 members (excludes halogenated alkanes) is 1. The average Bonchev–Trinajstić information content (AvgIpc) is 3.72. The van der Waals surface area contributed by atoms with E-state index in [-0.39, 0.29) is 35.1 Å². The summed E-state index contributed by atoms with van der Waals surface area (Å²) in [5.41, 5.74) is 0.839. The number of benzene rings is 2. The molecule has 1 unspecified atom stereocenters. The summed E-state index contributed by atoms with van der Waals surface area (Å²) in [6, 6.07) is 9.56. The van der Waals surface area contributed by atoms with Gasteiger partial charge in [-0.25, -0.2) is 12.8 Å². The summed E-state index contributed by atoms with van der Waals surface area (Å²) in [5.74, 6) is -0.283. The summed E-state index contributed by atoms with van der Waals surface area (Å²) in [5, 5.41) is 0. The molecule has 1 aliphatic heterocycles. The van der Waals surface area contributed by atoms with Gasteiger partial charge in [0.15, 0.2) is 9.84 Å². The molecule has 1 atom stereocenters. The monoisotopic (exact) mass is 535 g/mol. The highest BCUT2D eigenvalue weighted by Crippen LogP contribution is 2.47. The van der Waals surface area contributed by atoms with Crippen LogP contribution in [0.15, 0.2) is 46.2 Å². The molecule has 1 heterocycles. The molecule has 1 aliphatic carbocycles. The number of carbonyl (C=O) groups is 1. The number of anilines is 2. The van der Waals surface area contributed by atoms with Crippen molar-refractivity contribution in [2.24, 2.45) is 11.3 Å². The Morgan fingerprint density at radius 2 is 1.92 bits per heavy atom. The minimum absolute atomic E-state index is 0.0237. The molecule has 0 saturated heterocycles.